The van der Waals surface area contributed by atoms with Gasteiger partial charge in [0, 0.05) is 11.6 Å². The van der Waals surface area contributed by atoms with E-state index < -0.39 is 32.6 Å². The summed E-state index contributed by atoms with van der Waals surface area (Å²) >= 11 is 0.738. The Morgan fingerprint density at radius 3 is 2.38 bits per heavy atom. The van der Waals surface area contributed by atoms with Crippen molar-refractivity contribution in [3.05, 3.63) is 98.9 Å². The fourth-order valence-corrected chi connectivity index (χ4v) is 5.47. The van der Waals surface area contributed by atoms with Crippen LogP contribution in [0.15, 0.2) is 95.4 Å². The summed E-state index contributed by atoms with van der Waals surface area (Å²) in [4.78, 5) is 26.5. The van der Waals surface area contributed by atoms with E-state index in [9.17, 15) is 32.6 Å². The minimum absolute atomic E-state index is 0.0649. The van der Waals surface area contributed by atoms with Gasteiger partial charge in [0.2, 0.25) is 0 Å². The summed E-state index contributed by atoms with van der Waals surface area (Å²) in [5.41, 5.74) is -1.22. The zero-order valence-corrected chi connectivity index (χ0v) is 20.8. The molecule has 0 bridgehead atoms. The van der Waals surface area contributed by atoms with E-state index >= 15 is 0 Å². The molecule has 0 amide bonds. The minimum Gasteiger partial charge on any atom is -0.507 e. The highest BCUT2D eigenvalue weighted by molar-refractivity contribution is 7.99. The fourth-order valence-electron chi connectivity index (χ4n) is 3.97. The van der Waals surface area contributed by atoms with Crippen molar-refractivity contribution in [1.29, 1.82) is 0 Å². The maximum atomic E-state index is 13.7. The van der Waals surface area contributed by atoms with Gasteiger partial charge < -0.3 is 19.2 Å². The lowest BCUT2D eigenvalue weighted by Crippen LogP contribution is -2.23. The number of fused-ring (bicyclic) bond motifs is 3. The van der Waals surface area contributed by atoms with Gasteiger partial charge in [-0.3, -0.25) is 4.79 Å². The van der Waals surface area contributed by atoms with Gasteiger partial charge in [-0.15, -0.1) is 0 Å². The molecule has 3 aromatic carbocycles. The maximum absolute atomic E-state index is 13.7. The Morgan fingerprint density at radius 1 is 1.00 bits per heavy atom. The largest absolute Gasteiger partial charge is 0.507 e. The number of hydrogen-bond acceptors (Lipinski definition) is 8. The Morgan fingerprint density at radius 2 is 1.70 bits per heavy atom. The molecule has 0 unspecified atom stereocenters. The Balaban J connectivity index is 1.84. The Labute approximate surface area is 213 Å². The molecule has 0 aliphatic carbocycles. The molecule has 0 atom stereocenters. The van der Waals surface area contributed by atoms with Crippen molar-refractivity contribution in [2.24, 2.45) is 0 Å². The standard InChI is InChI=1S/C26H18FNO7S2/c1-37(33,34)16-10-11-17-18(12-16)28(13-14-6-8-15(27)9-7-14)25(31)21-22(30)24(26(32)35-23(17)21)36-20-5-3-2-4-19(20)29/h2-12,29-30H,13H2,1H3. The number of phenolic OH excluding ortho intramolecular Hbond substituents is 1. The van der Waals surface area contributed by atoms with Crippen LogP contribution in [-0.2, 0) is 16.4 Å². The van der Waals surface area contributed by atoms with Gasteiger partial charge in [-0.25, -0.2) is 17.6 Å². The van der Waals surface area contributed by atoms with Gasteiger partial charge in [0.1, 0.15) is 21.8 Å². The highest BCUT2D eigenvalue weighted by Gasteiger charge is 2.24. The van der Waals surface area contributed by atoms with E-state index in [2.05, 4.69) is 0 Å². The molecule has 11 heteroatoms. The summed E-state index contributed by atoms with van der Waals surface area (Å²) in [6.45, 7) is -0.0840. The Kier molecular flexibility index (Phi) is 6.04. The third-order valence-electron chi connectivity index (χ3n) is 5.78. The lowest BCUT2D eigenvalue weighted by Gasteiger charge is -2.15. The molecule has 5 rings (SSSR count). The molecule has 0 aliphatic heterocycles. The topological polar surface area (TPSA) is 127 Å². The molecular weight excluding hydrogens is 521 g/mol. The third kappa shape index (κ3) is 4.47. The first kappa shape index (κ1) is 24.6. The molecule has 0 spiro atoms. The van der Waals surface area contributed by atoms with Crippen LogP contribution < -0.4 is 11.2 Å². The van der Waals surface area contributed by atoms with E-state index in [-0.39, 0.29) is 48.9 Å². The van der Waals surface area contributed by atoms with Crippen molar-refractivity contribution >= 4 is 43.5 Å². The number of nitrogens with zero attached hydrogens (tertiary/aromatic N) is 1. The van der Waals surface area contributed by atoms with Crippen molar-refractivity contribution < 1.29 is 27.4 Å². The van der Waals surface area contributed by atoms with Gasteiger partial charge >= 0.3 is 5.63 Å². The Hall–Kier alpha value is -4.09. The van der Waals surface area contributed by atoms with Gasteiger partial charge in [0.15, 0.2) is 21.2 Å². The second-order valence-electron chi connectivity index (χ2n) is 8.31. The average Bonchev–Trinajstić information content (AvgIpc) is 2.85. The van der Waals surface area contributed by atoms with Crippen LogP contribution in [0.2, 0.25) is 0 Å². The molecule has 37 heavy (non-hydrogen) atoms. The van der Waals surface area contributed by atoms with Crippen molar-refractivity contribution in [2.45, 2.75) is 21.2 Å². The van der Waals surface area contributed by atoms with Crippen LogP contribution in [0.3, 0.4) is 0 Å². The number of aromatic nitrogens is 1. The number of rotatable bonds is 5. The lowest BCUT2D eigenvalue weighted by atomic mass is 10.1. The Bertz CT molecular complexity index is 1930. The molecule has 0 aliphatic rings. The van der Waals surface area contributed by atoms with Crippen LogP contribution in [-0.4, -0.2) is 29.5 Å². The van der Waals surface area contributed by atoms with Crippen LogP contribution in [0.4, 0.5) is 4.39 Å². The highest BCUT2D eigenvalue weighted by atomic mass is 32.2. The lowest BCUT2D eigenvalue weighted by molar-refractivity contribution is 0.446. The number of phenols is 1. The number of para-hydroxylation sites is 1. The van der Waals surface area contributed by atoms with Crippen LogP contribution in [0.1, 0.15) is 5.56 Å². The summed E-state index contributed by atoms with van der Waals surface area (Å²) in [7, 11) is -3.65. The number of halogens is 1. The fraction of sp³-hybridized carbons (Fsp3) is 0.0769. The molecule has 188 valence electrons. The molecule has 8 nitrogen and oxygen atoms in total. The molecule has 0 saturated carbocycles. The van der Waals surface area contributed by atoms with E-state index in [1.807, 2.05) is 0 Å². The summed E-state index contributed by atoms with van der Waals surface area (Å²) in [6, 6.07) is 15.6. The molecule has 0 fully saturated rings. The molecule has 2 N–H and O–H groups in total. The monoisotopic (exact) mass is 539 g/mol. The first-order valence-corrected chi connectivity index (χ1v) is 13.5. The SMILES string of the molecule is CS(=O)(=O)c1ccc2c3oc(=O)c(Sc4ccccc4O)c(O)c3c(=O)n(Cc3ccc(F)cc3)c2c1. The summed E-state index contributed by atoms with van der Waals surface area (Å²) in [5, 5.41) is 21.1. The normalized spacial score (nSPS) is 11.8. The van der Waals surface area contributed by atoms with E-state index in [1.54, 1.807) is 12.1 Å². The highest BCUT2D eigenvalue weighted by Crippen LogP contribution is 2.40. The zero-order valence-electron chi connectivity index (χ0n) is 19.1. The van der Waals surface area contributed by atoms with Gasteiger partial charge in [0.05, 0.1) is 21.9 Å². The van der Waals surface area contributed by atoms with E-state index in [1.165, 1.54) is 59.2 Å². The molecule has 0 radical (unpaired) electrons. The second-order valence-corrected chi connectivity index (χ2v) is 11.4. The van der Waals surface area contributed by atoms with Crippen LogP contribution >= 0.6 is 11.8 Å². The minimum atomic E-state index is -3.65. The van der Waals surface area contributed by atoms with Crippen molar-refractivity contribution in [3.63, 3.8) is 0 Å². The second kappa shape index (κ2) is 9.09. The van der Waals surface area contributed by atoms with Gasteiger partial charge in [0.25, 0.3) is 5.56 Å². The molecule has 2 aromatic heterocycles. The molecule has 2 heterocycles. The smallest absolute Gasteiger partial charge is 0.354 e. The van der Waals surface area contributed by atoms with Crippen molar-refractivity contribution in [3.8, 4) is 11.5 Å². The number of pyridine rings is 1. The average molecular weight is 540 g/mol. The first-order chi connectivity index (χ1) is 17.5. The molecule has 0 saturated heterocycles. The predicted octanol–water partition coefficient (Wildman–Crippen LogP) is 4.26. The number of sulfone groups is 1. The van der Waals surface area contributed by atoms with Crippen molar-refractivity contribution in [2.75, 3.05) is 6.26 Å². The van der Waals surface area contributed by atoms with Crippen LogP contribution in [0.25, 0.3) is 21.9 Å². The summed E-state index contributed by atoms with van der Waals surface area (Å²) < 4.78 is 44.6. The number of benzene rings is 3. The third-order valence-corrected chi connectivity index (χ3v) is 8.02. The van der Waals surface area contributed by atoms with Crippen LogP contribution in [0, 0.1) is 5.82 Å². The first-order valence-electron chi connectivity index (χ1n) is 10.8. The number of aromatic hydroxyl groups is 2. The predicted molar refractivity (Wildman–Crippen MR) is 137 cm³/mol. The van der Waals surface area contributed by atoms with Gasteiger partial charge in [-0.1, -0.05) is 36.0 Å². The quantitative estimate of drug-likeness (QED) is 0.317. The zero-order chi connectivity index (χ0) is 26.5. The van der Waals surface area contributed by atoms with E-state index in [0.29, 0.717) is 5.56 Å². The summed E-state index contributed by atoms with van der Waals surface area (Å²) in [6.07, 6.45) is 1.02. The maximum Gasteiger partial charge on any atom is 0.354 e. The van der Waals surface area contributed by atoms with E-state index in [0.717, 1.165) is 18.0 Å². The van der Waals surface area contributed by atoms with E-state index in [4.69, 9.17) is 4.42 Å². The molecular formula is C26H18FNO7S2. The van der Waals surface area contributed by atoms with Crippen LogP contribution in [0.5, 0.6) is 11.5 Å². The number of hydrogen-bond donors (Lipinski definition) is 2. The van der Waals surface area contributed by atoms with Crippen molar-refractivity contribution in [1.82, 2.24) is 4.57 Å². The van der Waals surface area contributed by atoms with Gasteiger partial charge in [-0.05, 0) is 48.0 Å². The summed E-state index contributed by atoms with van der Waals surface area (Å²) in [5.74, 6) is -1.23. The van der Waals surface area contributed by atoms with Gasteiger partial charge in [-0.2, -0.15) is 0 Å². The molecule has 5 aromatic rings.